The van der Waals surface area contributed by atoms with Gasteiger partial charge in [-0.15, -0.1) is 0 Å². The Bertz CT molecular complexity index is 973. The number of nitrogens with one attached hydrogen (secondary N) is 2. The lowest BCUT2D eigenvalue weighted by Gasteiger charge is -2.06. The summed E-state index contributed by atoms with van der Waals surface area (Å²) in [6.45, 7) is 2.00. The van der Waals surface area contributed by atoms with Gasteiger partial charge in [-0.25, -0.2) is 4.98 Å². The van der Waals surface area contributed by atoms with Crippen LogP contribution < -0.4 is 5.32 Å². The van der Waals surface area contributed by atoms with E-state index in [0.717, 1.165) is 16.6 Å². The number of aromatic nitrogens is 2. The summed E-state index contributed by atoms with van der Waals surface area (Å²) in [7, 11) is 0. The van der Waals surface area contributed by atoms with Gasteiger partial charge in [0.1, 0.15) is 0 Å². The van der Waals surface area contributed by atoms with Gasteiger partial charge in [0.15, 0.2) is 5.16 Å². The number of hydrogen-bond acceptors (Lipinski definition) is 5. The second-order valence-electron chi connectivity index (χ2n) is 5.32. The summed E-state index contributed by atoms with van der Waals surface area (Å²) in [4.78, 5) is 29.9. The average Bonchev–Trinajstić information content (AvgIpc) is 2.96. The molecule has 0 atom stereocenters. The van der Waals surface area contributed by atoms with E-state index >= 15 is 0 Å². The van der Waals surface area contributed by atoms with Crippen LogP contribution in [0.5, 0.6) is 0 Å². The molecule has 128 valence electrons. The zero-order valence-electron chi connectivity index (χ0n) is 13.1. The van der Waals surface area contributed by atoms with Gasteiger partial charge in [0.25, 0.3) is 5.69 Å². The first-order valence-electron chi connectivity index (χ1n) is 7.25. The molecule has 25 heavy (non-hydrogen) atoms. The molecule has 1 aromatic heterocycles. The normalized spacial score (nSPS) is 10.8. The molecule has 0 aliphatic rings. The van der Waals surface area contributed by atoms with Crippen molar-refractivity contribution in [2.24, 2.45) is 0 Å². The maximum absolute atomic E-state index is 12.1. The van der Waals surface area contributed by atoms with Crippen LogP contribution in [0.2, 0.25) is 0 Å². The molecule has 0 fully saturated rings. The van der Waals surface area contributed by atoms with E-state index in [2.05, 4.69) is 31.2 Å². The summed E-state index contributed by atoms with van der Waals surface area (Å²) in [5.74, 6) is -0.0569. The fourth-order valence-electron chi connectivity index (χ4n) is 2.21. The molecular weight excluding hydrogens is 408 g/mol. The highest BCUT2D eigenvalue weighted by Gasteiger charge is 2.12. The number of amides is 1. The van der Waals surface area contributed by atoms with E-state index in [1.165, 1.54) is 30.0 Å². The first-order valence-corrected chi connectivity index (χ1v) is 9.03. The topological polar surface area (TPSA) is 101 Å². The number of non-ortho nitro benzene ring substituents is 1. The van der Waals surface area contributed by atoms with Crippen molar-refractivity contribution >= 4 is 56.0 Å². The number of carbonyl (C=O) groups excluding carboxylic acids is 1. The Labute approximate surface area is 155 Å². The van der Waals surface area contributed by atoms with Crippen LogP contribution in [0, 0.1) is 17.0 Å². The third-order valence-electron chi connectivity index (χ3n) is 3.39. The largest absolute Gasteiger partial charge is 0.333 e. The second kappa shape index (κ2) is 7.24. The molecule has 1 heterocycles. The zero-order chi connectivity index (χ0) is 18.0. The Morgan fingerprint density at radius 2 is 2.16 bits per heavy atom. The minimum absolute atomic E-state index is 0.0446. The van der Waals surface area contributed by atoms with Crippen molar-refractivity contribution < 1.29 is 9.72 Å². The Hall–Kier alpha value is -2.39. The number of nitro groups is 1. The van der Waals surface area contributed by atoms with E-state index in [9.17, 15) is 14.9 Å². The number of H-pyrrole nitrogens is 1. The minimum atomic E-state index is -0.491. The lowest BCUT2D eigenvalue weighted by molar-refractivity contribution is -0.384. The molecule has 0 unspecified atom stereocenters. The van der Waals surface area contributed by atoms with Crippen LogP contribution in [0.4, 0.5) is 11.4 Å². The summed E-state index contributed by atoms with van der Waals surface area (Å²) in [5.41, 5.74) is 3.36. The molecule has 0 bridgehead atoms. The number of aromatic amines is 1. The van der Waals surface area contributed by atoms with Crippen LogP contribution in [0.1, 0.15) is 5.56 Å². The Morgan fingerprint density at radius 1 is 1.36 bits per heavy atom. The summed E-state index contributed by atoms with van der Waals surface area (Å²) >= 11 is 4.52. The highest BCUT2D eigenvalue weighted by molar-refractivity contribution is 9.10. The van der Waals surface area contributed by atoms with E-state index in [0.29, 0.717) is 15.3 Å². The fourth-order valence-corrected chi connectivity index (χ4v) is 3.36. The van der Waals surface area contributed by atoms with Gasteiger partial charge < -0.3 is 10.3 Å². The van der Waals surface area contributed by atoms with Crippen molar-refractivity contribution in [3.63, 3.8) is 0 Å². The van der Waals surface area contributed by atoms with Gasteiger partial charge in [-0.05, 0) is 46.6 Å². The molecule has 0 radical (unpaired) electrons. The Morgan fingerprint density at radius 3 is 2.88 bits per heavy atom. The summed E-state index contributed by atoms with van der Waals surface area (Å²) < 4.78 is 0.458. The van der Waals surface area contributed by atoms with Crippen LogP contribution >= 0.6 is 27.7 Å². The third-order valence-corrected chi connectivity index (χ3v) is 4.92. The second-order valence-corrected chi connectivity index (χ2v) is 7.14. The van der Waals surface area contributed by atoms with Gasteiger partial charge in [0.05, 0.1) is 27.4 Å². The van der Waals surface area contributed by atoms with Gasteiger partial charge in [-0.1, -0.05) is 17.8 Å². The van der Waals surface area contributed by atoms with Gasteiger partial charge in [-0.2, -0.15) is 0 Å². The van der Waals surface area contributed by atoms with Crippen LogP contribution in [0.15, 0.2) is 46.0 Å². The standard InChI is InChI=1S/C16H13BrN4O3S/c1-9-2-4-13-14(6-9)20-16(19-13)25-8-15(22)18-12-5-3-10(21(23)24)7-11(12)17/h2-7H,8H2,1H3,(H,18,22)(H,19,20). The van der Waals surface area contributed by atoms with E-state index < -0.39 is 4.92 Å². The molecule has 1 amide bonds. The molecule has 7 nitrogen and oxygen atoms in total. The predicted octanol–water partition coefficient (Wildman–Crippen LogP) is 4.27. The average molecular weight is 421 g/mol. The van der Waals surface area contributed by atoms with Crippen molar-refractivity contribution in [3.8, 4) is 0 Å². The van der Waals surface area contributed by atoms with Crippen molar-refractivity contribution in [2.45, 2.75) is 12.1 Å². The molecule has 0 aliphatic carbocycles. The number of halogens is 1. The number of thioether (sulfide) groups is 1. The summed E-state index contributed by atoms with van der Waals surface area (Å²) in [6, 6.07) is 10.1. The number of rotatable bonds is 5. The highest BCUT2D eigenvalue weighted by Crippen LogP contribution is 2.27. The summed E-state index contributed by atoms with van der Waals surface area (Å²) in [5, 5.41) is 14.1. The first kappa shape index (κ1) is 17.4. The lowest BCUT2D eigenvalue weighted by atomic mass is 10.2. The molecule has 0 aliphatic heterocycles. The number of hydrogen-bond donors (Lipinski definition) is 2. The van der Waals surface area contributed by atoms with Crippen molar-refractivity contribution in [1.29, 1.82) is 0 Å². The highest BCUT2D eigenvalue weighted by atomic mass is 79.9. The third kappa shape index (κ3) is 4.18. The first-order chi connectivity index (χ1) is 11.9. The van der Waals surface area contributed by atoms with E-state index in [4.69, 9.17) is 0 Å². The number of aryl methyl sites for hydroxylation is 1. The molecule has 0 saturated heterocycles. The molecule has 0 saturated carbocycles. The maximum atomic E-state index is 12.1. The van der Waals surface area contributed by atoms with E-state index in [1.807, 2.05) is 25.1 Å². The number of imidazole rings is 1. The van der Waals surface area contributed by atoms with Crippen LogP contribution in [0.3, 0.4) is 0 Å². The van der Waals surface area contributed by atoms with Gasteiger partial charge in [0.2, 0.25) is 5.91 Å². The van der Waals surface area contributed by atoms with Gasteiger partial charge in [0, 0.05) is 16.6 Å². The van der Waals surface area contributed by atoms with Gasteiger partial charge >= 0.3 is 0 Å². The Balaban J connectivity index is 1.63. The Kier molecular flexibility index (Phi) is 5.05. The number of fused-ring (bicyclic) bond motifs is 1. The fraction of sp³-hybridized carbons (Fsp3) is 0.125. The maximum Gasteiger partial charge on any atom is 0.270 e. The number of nitro benzene ring substituents is 1. The number of anilines is 1. The van der Waals surface area contributed by atoms with Crippen LogP contribution in [-0.2, 0) is 4.79 Å². The number of benzene rings is 2. The van der Waals surface area contributed by atoms with Crippen LogP contribution in [-0.4, -0.2) is 26.6 Å². The van der Waals surface area contributed by atoms with Crippen molar-refractivity contribution in [1.82, 2.24) is 9.97 Å². The molecule has 3 rings (SSSR count). The number of nitrogens with zero attached hydrogens (tertiary/aromatic N) is 2. The molecule has 9 heteroatoms. The quantitative estimate of drug-likeness (QED) is 0.364. The zero-order valence-corrected chi connectivity index (χ0v) is 15.5. The summed E-state index contributed by atoms with van der Waals surface area (Å²) in [6.07, 6.45) is 0. The number of carbonyl (C=O) groups is 1. The molecule has 0 spiro atoms. The SMILES string of the molecule is Cc1ccc2nc(SCC(=O)Nc3ccc([N+](=O)[O-])cc3Br)[nH]c2c1. The lowest BCUT2D eigenvalue weighted by Crippen LogP contribution is -2.14. The van der Waals surface area contributed by atoms with Crippen LogP contribution in [0.25, 0.3) is 11.0 Å². The van der Waals surface area contributed by atoms with Crippen molar-refractivity contribution in [2.75, 3.05) is 11.1 Å². The molecule has 2 N–H and O–H groups in total. The molecular formula is C16H13BrN4O3S. The molecule has 3 aromatic rings. The van der Waals surface area contributed by atoms with E-state index in [-0.39, 0.29) is 17.3 Å². The minimum Gasteiger partial charge on any atom is -0.333 e. The molecule has 2 aromatic carbocycles. The van der Waals surface area contributed by atoms with Crippen molar-refractivity contribution in [3.05, 3.63) is 56.5 Å². The monoisotopic (exact) mass is 420 g/mol. The smallest absolute Gasteiger partial charge is 0.270 e. The predicted molar refractivity (Wildman–Crippen MR) is 101 cm³/mol. The van der Waals surface area contributed by atoms with Gasteiger partial charge in [-0.3, -0.25) is 14.9 Å². The van der Waals surface area contributed by atoms with E-state index in [1.54, 1.807) is 0 Å².